The van der Waals surface area contributed by atoms with Crippen molar-refractivity contribution in [3.63, 3.8) is 0 Å². The summed E-state index contributed by atoms with van der Waals surface area (Å²) in [5.74, 6) is 0. The van der Waals surface area contributed by atoms with Crippen LogP contribution < -0.4 is 0 Å². The molecule has 0 amide bonds. The minimum atomic E-state index is 0.331. The first-order valence-electron chi connectivity index (χ1n) is 3.63. The molecule has 50 valence electrons. The Morgan fingerprint density at radius 1 is 0.750 bits per heavy atom. The standard InChI is InChI=1S/H18Si8/c1-7(2)5-6-8(3)4/h7-8H,5-6H2,1-4H3. The van der Waals surface area contributed by atoms with Crippen molar-refractivity contribution >= 4 is 70.8 Å². The second-order valence-corrected chi connectivity index (χ2v) is 90.9. The van der Waals surface area contributed by atoms with Crippen LogP contribution in [0.4, 0.5) is 0 Å². The van der Waals surface area contributed by atoms with Gasteiger partial charge in [-0.3, -0.25) is 0 Å². The van der Waals surface area contributed by atoms with Crippen molar-refractivity contribution in [2.24, 2.45) is 0 Å². The van der Waals surface area contributed by atoms with E-state index in [1.165, 1.54) is 0 Å². The summed E-state index contributed by atoms with van der Waals surface area (Å²) >= 11 is 0. The molecule has 0 bridgehead atoms. The lowest BCUT2D eigenvalue weighted by molar-refractivity contribution is 3.75. The van der Waals surface area contributed by atoms with E-state index in [9.17, 15) is 0 Å². The van der Waals surface area contributed by atoms with E-state index in [1.54, 1.807) is 39.0 Å². The molecule has 8 heavy (non-hydrogen) atoms. The fourth-order valence-electron chi connectivity index (χ4n) is 0.667. The molecule has 0 heterocycles. The summed E-state index contributed by atoms with van der Waals surface area (Å²) < 4.78 is 0. The van der Waals surface area contributed by atoms with Crippen molar-refractivity contribution in [1.29, 1.82) is 0 Å². The van der Waals surface area contributed by atoms with Gasteiger partial charge >= 0.3 is 0 Å². The van der Waals surface area contributed by atoms with Crippen LogP contribution in [0.15, 0.2) is 0 Å². The number of hydrogen-bond donors (Lipinski definition) is 0. The SMILES string of the molecule is [SiH3][SiH]([SiH3])[SiH2][SiH2][SiH]([SiH3])[SiH3]. The Labute approximate surface area is 70.7 Å². The van der Waals surface area contributed by atoms with Gasteiger partial charge in [-0.05, 0) is 70.8 Å². The van der Waals surface area contributed by atoms with E-state index in [0.29, 0.717) is 14.7 Å². The molecule has 0 aliphatic heterocycles. The van der Waals surface area contributed by atoms with Crippen molar-refractivity contribution in [1.82, 2.24) is 0 Å². The highest BCUT2D eigenvalue weighted by atomic mass is 30.1. The number of hydrogen-bond acceptors (Lipinski definition) is 0. The van der Waals surface area contributed by atoms with Crippen LogP contribution in [0.5, 0.6) is 0 Å². The normalized spacial score (nSPS) is 22.5. The van der Waals surface area contributed by atoms with E-state index in [1.807, 2.05) is 0 Å². The van der Waals surface area contributed by atoms with Gasteiger partial charge in [0.05, 0.1) is 0 Å². The fraction of sp³-hybridized carbons (Fsp3) is 0. The number of rotatable bonds is 3. The smallest absolute Gasteiger partial charge is 0.00798 e. The Bertz CT molecular complexity index is 36.0. The lowest BCUT2D eigenvalue weighted by atomic mass is 26.1. The van der Waals surface area contributed by atoms with E-state index in [0.717, 1.165) is 17.1 Å². The average molecular weight is 243 g/mol. The lowest BCUT2D eigenvalue weighted by Gasteiger charge is -2.01. The molecule has 0 nitrogen and oxygen atoms in total. The van der Waals surface area contributed by atoms with Crippen LogP contribution in [0, 0.1) is 0 Å². The first-order chi connectivity index (χ1) is 3.63. The summed E-state index contributed by atoms with van der Waals surface area (Å²) in [5, 5.41) is 0. The predicted molar refractivity (Wildman–Crippen MR) is 71.1 cm³/mol. The van der Waals surface area contributed by atoms with Crippen LogP contribution in [0.3, 0.4) is 0 Å². The Hall–Kier alpha value is 1.74. The highest BCUT2D eigenvalue weighted by Gasteiger charge is 2.00. The molecule has 0 fully saturated rings. The topological polar surface area (TPSA) is 0 Å². The fourth-order valence-corrected chi connectivity index (χ4v) is 162. The van der Waals surface area contributed by atoms with Crippen molar-refractivity contribution in [2.45, 2.75) is 0 Å². The van der Waals surface area contributed by atoms with Gasteiger partial charge in [0.1, 0.15) is 0 Å². The summed E-state index contributed by atoms with van der Waals surface area (Å²) in [7, 11) is 9.22. The van der Waals surface area contributed by atoms with E-state index in [-0.39, 0.29) is 0 Å². The van der Waals surface area contributed by atoms with E-state index < -0.39 is 0 Å². The second-order valence-electron chi connectivity index (χ2n) is 3.37. The summed E-state index contributed by atoms with van der Waals surface area (Å²) in [6, 6.07) is 0. The molecule has 0 rings (SSSR count). The van der Waals surface area contributed by atoms with Crippen LogP contribution in [0.1, 0.15) is 0 Å². The Morgan fingerprint density at radius 3 is 1.12 bits per heavy atom. The van der Waals surface area contributed by atoms with Gasteiger partial charge in [-0.15, -0.1) is 0 Å². The molecule has 0 saturated heterocycles. The molecule has 0 atom stereocenters. The maximum Gasteiger partial charge on any atom is -0.00798 e. The monoisotopic (exact) mass is 242 g/mol. The molecule has 0 radical (unpaired) electrons. The van der Waals surface area contributed by atoms with Gasteiger partial charge in [0.15, 0.2) is 0 Å². The average Bonchev–Trinajstić information content (AvgIpc) is 1.61. The van der Waals surface area contributed by atoms with Gasteiger partial charge < -0.3 is 0 Å². The van der Waals surface area contributed by atoms with Gasteiger partial charge in [-0.1, -0.05) is 0 Å². The van der Waals surface area contributed by atoms with Gasteiger partial charge in [0, 0.05) is 0 Å². The molecule has 0 N–H and O–H groups in total. The van der Waals surface area contributed by atoms with Gasteiger partial charge in [-0.2, -0.15) is 0 Å². The van der Waals surface area contributed by atoms with Crippen molar-refractivity contribution in [2.75, 3.05) is 0 Å². The molecule has 0 saturated carbocycles. The molecule has 8 heteroatoms. The van der Waals surface area contributed by atoms with Gasteiger partial charge in [0.25, 0.3) is 0 Å². The highest BCUT2D eigenvalue weighted by Crippen LogP contribution is 1.62. The molecule has 0 aliphatic carbocycles. The van der Waals surface area contributed by atoms with Crippen LogP contribution in [0.2, 0.25) is 0 Å². The summed E-state index contributed by atoms with van der Waals surface area (Å²) in [6.45, 7) is 0. The third-order valence-electron chi connectivity index (χ3n) is 1.32. The zero-order chi connectivity index (χ0) is 6.57. The minimum Gasteiger partial charge on any atom is -0.0115 e. The van der Waals surface area contributed by atoms with Crippen molar-refractivity contribution < 1.29 is 0 Å². The van der Waals surface area contributed by atoms with E-state index >= 15 is 0 Å². The van der Waals surface area contributed by atoms with E-state index in [4.69, 9.17) is 0 Å². The summed E-state index contributed by atoms with van der Waals surface area (Å²) in [4.78, 5) is 0. The largest absolute Gasteiger partial charge is 0.0115 e. The van der Waals surface area contributed by atoms with Crippen LogP contribution in [-0.2, 0) is 0 Å². The van der Waals surface area contributed by atoms with Gasteiger partial charge in [-0.25, -0.2) is 0 Å². The summed E-state index contributed by atoms with van der Waals surface area (Å²) in [6.07, 6.45) is 0. The molecular weight excluding hydrogens is 225 g/mol. The first kappa shape index (κ1) is 9.74. The molecule has 0 spiro atoms. The van der Waals surface area contributed by atoms with Crippen molar-refractivity contribution in [3.8, 4) is 0 Å². The zero-order valence-electron chi connectivity index (χ0n) is 6.57. The molecule has 0 aromatic rings. The second kappa shape index (κ2) is 5.51. The molecule has 0 aliphatic rings. The van der Waals surface area contributed by atoms with E-state index in [2.05, 4.69) is 0 Å². The Kier molecular flexibility index (Phi) is 6.71. The lowest BCUT2D eigenvalue weighted by Crippen LogP contribution is -2.38. The predicted octanol–water partition coefficient (Wildman–Crippen LogP) is -7.86. The van der Waals surface area contributed by atoms with Gasteiger partial charge in [0.2, 0.25) is 0 Å². The Balaban J connectivity index is 2.93. The minimum absolute atomic E-state index is 0.331. The highest BCUT2D eigenvalue weighted by molar-refractivity contribution is 7.76. The van der Waals surface area contributed by atoms with Crippen LogP contribution in [0.25, 0.3) is 0 Å². The molecule has 0 aromatic carbocycles. The quantitative estimate of drug-likeness (QED) is 0.432. The van der Waals surface area contributed by atoms with Crippen LogP contribution in [-0.4, -0.2) is 70.8 Å². The zero-order valence-corrected chi connectivity index (χ0v) is 19.7. The Morgan fingerprint density at radius 2 is 1.00 bits per heavy atom. The molecular formula is H18Si8. The maximum atomic E-state index is 1.72. The van der Waals surface area contributed by atoms with Crippen LogP contribution >= 0.6 is 0 Å². The van der Waals surface area contributed by atoms with Crippen molar-refractivity contribution in [3.05, 3.63) is 0 Å². The third kappa shape index (κ3) is 7.74. The molecule has 0 unspecified atom stereocenters. The maximum absolute atomic E-state index is 1.72. The summed E-state index contributed by atoms with van der Waals surface area (Å²) in [5.41, 5.74) is 0. The third-order valence-corrected chi connectivity index (χ3v) is 107. The first-order valence-corrected chi connectivity index (χ1v) is 32.6. The molecule has 0 aromatic heterocycles.